The summed E-state index contributed by atoms with van der Waals surface area (Å²) in [5.74, 6) is -0.223. The Morgan fingerprint density at radius 2 is 1.46 bits per heavy atom. The molecule has 0 saturated heterocycles. The van der Waals surface area contributed by atoms with Crippen molar-refractivity contribution in [1.29, 1.82) is 0 Å². The van der Waals surface area contributed by atoms with Crippen LogP contribution >= 0.6 is 0 Å². The molecule has 3 aromatic carbocycles. The quantitative estimate of drug-likeness (QED) is 0.135. The highest BCUT2D eigenvalue weighted by molar-refractivity contribution is 6.99. The Hall–Kier alpha value is -3.15. The highest BCUT2D eigenvalue weighted by atomic mass is 28.4. The van der Waals surface area contributed by atoms with Crippen molar-refractivity contribution in [1.82, 2.24) is 0 Å². The minimum Gasteiger partial charge on any atom is -0.504 e. The predicted octanol–water partition coefficient (Wildman–Crippen LogP) is 7.13. The molecule has 0 unspecified atom stereocenters. The number of carbonyl (C=O) groups excluding carboxylic acids is 1. The molecule has 2 atom stereocenters. The van der Waals surface area contributed by atoms with Gasteiger partial charge in [0.1, 0.15) is 0 Å². The van der Waals surface area contributed by atoms with Crippen molar-refractivity contribution < 1.29 is 19.1 Å². The zero-order valence-electron chi connectivity index (χ0n) is 24.7. The molecule has 0 aliphatic carbocycles. The molecule has 39 heavy (non-hydrogen) atoms. The second-order valence-electron chi connectivity index (χ2n) is 12.5. The van der Waals surface area contributed by atoms with Crippen molar-refractivity contribution in [3.63, 3.8) is 0 Å². The Morgan fingerprint density at radius 1 is 0.949 bits per heavy atom. The third kappa shape index (κ3) is 6.54. The molecule has 4 nitrogen and oxygen atoms in total. The van der Waals surface area contributed by atoms with E-state index in [1.165, 1.54) is 10.4 Å². The summed E-state index contributed by atoms with van der Waals surface area (Å²) in [6, 6.07) is 24.9. The average Bonchev–Trinajstić information content (AvgIpc) is 2.87. The molecule has 0 aliphatic rings. The monoisotopic (exact) mass is 544 g/mol. The maximum atomic E-state index is 12.5. The summed E-state index contributed by atoms with van der Waals surface area (Å²) in [6.45, 7) is 20.8. The lowest BCUT2D eigenvalue weighted by atomic mass is 9.87. The van der Waals surface area contributed by atoms with Gasteiger partial charge in [-0.15, -0.1) is 6.58 Å². The number of esters is 1. The number of allylic oxidation sites excluding steroid dienone is 1. The Morgan fingerprint density at radius 3 is 1.87 bits per heavy atom. The summed E-state index contributed by atoms with van der Waals surface area (Å²) < 4.78 is 12.7. The highest BCUT2D eigenvalue weighted by Gasteiger charge is 2.50. The topological polar surface area (TPSA) is 55.8 Å². The molecule has 3 aromatic rings. The maximum absolute atomic E-state index is 12.5. The third-order valence-electron chi connectivity index (χ3n) is 7.32. The molecule has 0 aromatic heterocycles. The van der Waals surface area contributed by atoms with Gasteiger partial charge in [-0.05, 0) is 66.2 Å². The molecule has 5 heteroatoms. The van der Waals surface area contributed by atoms with Crippen LogP contribution in [-0.2, 0) is 9.22 Å². The van der Waals surface area contributed by atoms with Gasteiger partial charge in [-0.25, -0.2) is 0 Å². The van der Waals surface area contributed by atoms with Crippen LogP contribution in [-0.4, -0.2) is 26.0 Å². The van der Waals surface area contributed by atoms with Gasteiger partial charge in [-0.3, -0.25) is 4.79 Å². The number of ether oxygens (including phenoxy) is 1. The Labute approximate surface area is 235 Å². The number of carbonyl (C=O) groups is 1. The van der Waals surface area contributed by atoms with Crippen molar-refractivity contribution in [2.24, 2.45) is 11.3 Å². The number of aryl methyl sites for hydroxylation is 1. The number of rotatable bonds is 9. The van der Waals surface area contributed by atoms with Gasteiger partial charge in [0.05, 0.1) is 5.41 Å². The fourth-order valence-electron chi connectivity index (χ4n) is 5.17. The summed E-state index contributed by atoms with van der Waals surface area (Å²) in [5.41, 5.74) is 0.942. The first-order chi connectivity index (χ1) is 18.2. The molecule has 0 aliphatic heterocycles. The van der Waals surface area contributed by atoms with Gasteiger partial charge in [-0.2, -0.15) is 0 Å². The first-order valence-corrected chi connectivity index (χ1v) is 15.6. The standard InChI is InChI=1S/C34H44O4Si/c1-10-29(26-21-24(2)31(30(35)22-26)38-32(36)33(4,5)6)25(3)23-37-39(34(7,8)9,27-17-13-11-14-18-27)28-19-15-12-16-20-28/h10-22,25,29,35H,1,23H2,2-9H3/t25-,29+/m0/s1. The van der Waals surface area contributed by atoms with E-state index < -0.39 is 13.7 Å². The molecular formula is C34H44O4Si. The smallest absolute Gasteiger partial charge is 0.316 e. The van der Waals surface area contributed by atoms with E-state index in [1.54, 1.807) is 26.8 Å². The van der Waals surface area contributed by atoms with Gasteiger partial charge in [0, 0.05) is 12.5 Å². The Balaban J connectivity index is 1.95. The lowest BCUT2D eigenvalue weighted by Gasteiger charge is -2.44. The molecule has 1 N–H and O–H groups in total. The van der Waals surface area contributed by atoms with Gasteiger partial charge >= 0.3 is 5.97 Å². The molecular weight excluding hydrogens is 500 g/mol. The van der Waals surface area contributed by atoms with Gasteiger partial charge in [-0.1, -0.05) is 101 Å². The summed E-state index contributed by atoms with van der Waals surface area (Å²) in [6.07, 6.45) is 1.91. The van der Waals surface area contributed by atoms with Crippen LogP contribution in [0.15, 0.2) is 85.5 Å². The highest BCUT2D eigenvalue weighted by Crippen LogP contribution is 2.40. The minimum atomic E-state index is -2.68. The summed E-state index contributed by atoms with van der Waals surface area (Å²) >= 11 is 0. The zero-order chi connectivity index (χ0) is 29.0. The molecule has 0 radical (unpaired) electrons. The van der Waals surface area contributed by atoms with Gasteiger partial charge in [0.25, 0.3) is 8.32 Å². The zero-order valence-corrected chi connectivity index (χ0v) is 25.7. The maximum Gasteiger partial charge on any atom is 0.316 e. The molecule has 0 spiro atoms. The lowest BCUT2D eigenvalue weighted by Crippen LogP contribution is -2.66. The first-order valence-electron chi connectivity index (χ1n) is 13.7. The van der Waals surface area contributed by atoms with Crippen molar-refractivity contribution in [3.8, 4) is 11.5 Å². The fraction of sp³-hybridized carbons (Fsp3) is 0.382. The van der Waals surface area contributed by atoms with Crippen molar-refractivity contribution in [2.75, 3.05) is 6.61 Å². The molecule has 3 rings (SSSR count). The minimum absolute atomic E-state index is 0.0467. The van der Waals surface area contributed by atoms with Crippen LogP contribution in [0.1, 0.15) is 65.5 Å². The van der Waals surface area contributed by atoms with E-state index in [-0.39, 0.29) is 34.3 Å². The van der Waals surface area contributed by atoms with Crippen molar-refractivity contribution >= 4 is 24.7 Å². The second kappa shape index (κ2) is 11.9. The number of hydrogen-bond acceptors (Lipinski definition) is 4. The van der Waals surface area contributed by atoms with Crippen LogP contribution in [0, 0.1) is 18.3 Å². The third-order valence-corrected chi connectivity index (χ3v) is 12.3. The number of benzene rings is 3. The Kier molecular flexibility index (Phi) is 9.30. The van der Waals surface area contributed by atoms with E-state index in [9.17, 15) is 9.90 Å². The molecule has 0 saturated carbocycles. The number of phenolic OH excluding ortho intramolecular Hbond substituents is 1. The van der Waals surface area contributed by atoms with Crippen molar-refractivity contribution in [2.45, 2.75) is 66.3 Å². The fourth-order valence-corrected chi connectivity index (χ4v) is 9.84. The van der Waals surface area contributed by atoms with Crippen molar-refractivity contribution in [3.05, 3.63) is 96.6 Å². The van der Waals surface area contributed by atoms with E-state index in [1.807, 2.05) is 31.2 Å². The predicted molar refractivity (Wildman–Crippen MR) is 164 cm³/mol. The van der Waals surface area contributed by atoms with Crippen LogP contribution in [0.3, 0.4) is 0 Å². The molecule has 0 fully saturated rings. The van der Waals surface area contributed by atoms with E-state index in [0.29, 0.717) is 12.2 Å². The van der Waals surface area contributed by atoms with Crippen LogP contribution in [0.5, 0.6) is 11.5 Å². The summed E-state index contributed by atoms with van der Waals surface area (Å²) in [7, 11) is -2.68. The van der Waals surface area contributed by atoms with Gasteiger partial charge in [0.2, 0.25) is 0 Å². The normalized spacial score (nSPS) is 13.9. The second-order valence-corrected chi connectivity index (χ2v) is 16.8. The Bertz CT molecular complexity index is 1210. The summed E-state index contributed by atoms with van der Waals surface area (Å²) in [4.78, 5) is 12.5. The molecule has 0 bridgehead atoms. The van der Waals surface area contributed by atoms with Crippen LogP contribution in [0.25, 0.3) is 0 Å². The van der Waals surface area contributed by atoms with E-state index in [0.717, 1.165) is 5.56 Å². The van der Waals surface area contributed by atoms with Gasteiger partial charge in [0.15, 0.2) is 11.5 Å². The van der Waals surface area contributed by atoms with Gasteiger partial charge < -0.3 is 14.3 Å². The number of hydrogen-bond donors (Lipinski definition) is 1. The summed E-state index contributed by atoms with van der Waals surface area (Å²) in [5, 5.41) is 13.2. The van der Waals surface area contributed by atoms with E-state index >= 15 is 0 Å². The molecule has 0 heterocycles. The van der Waals surface area contributed by atoms with E-state index in [2.05, 4.69) is 82.8 Å². The SMILES string of the molecule is C=C[C@@H](c1cc(C)c(OC(=O)C(C)(C)C)c(O)c1)[C@@H](C)CO[Si](c1ccccc1)(c1ccccc1)C(C)(C)C. The van der Waals surface area contributed by atoms with E-state index in [4.69, 9.17) is 9.16 Å². The first kappa shape index (κ1) is 30.4. The number of aromatic hydroxyl groups is 1. The average molecular weight is 545 g/mol. The van der Waals surface area contributed by atoms with Crippen LogP contribution in [0.2, 0.25) is 5.04 Å². The van der Waals surface area contributed by atoms with Crippen LogP contribution in [0.4, 0.5) is 0 Å². The number of phenols is 1. The largest absolute Gasteiger partial charge is 0.504 e. The van der Waals surface area contributed by atoms with Crippen LogP contribution < -0.4 is 15.1 Å². The molecule has 0 amide bonds. The lowest BCUT2D eigenvalue weighted by molar-refractivity contribution is -0.143. The molecule has 208 valence electrons.